The van der Waals surface area contributed by atoms with E-state index in [1.165, 1.54) is 6.33 Å². The highest BCUT2D eigenvalue weighted by atomic mass is 16.5. The van der Waals surface area contributed by atoms with Crippen LogP contribution in [0.3, 0.4) is 0 Å². The second-order valence-corrected chi connectivity index (χ2v) is 9.20. The molecule has 3 rings (SSSR count). The van der Waals surface area contributed by atoms with Gasteiger partial charge in [0.1, 0.15) is 18.4 Å². The normalized spacial score (nSPS) is 15.9. The summed E-state index contributed by atoms with van der Waals surface area (Å²) in [6, 6.07) is 5.64. The van der Waals surface area contributed by atoms with Gasteiger partial charge in [-0.15, -0.1) is 0 Å². The highest BCUT2D eigenvalue weighted by Crippen LogP contribution is 2.25. The maximum absolute atomic E-state index is 13.1. The minimum atomic E-state index is -0.128. The SMILES string of the molecule is CC(C)CCN1CC(=O)NCCCCCOc2cccc(C(=O)NCCCn3cncn3)c2C1. The van der Waals surface area contributed by atoms with Gasteiger partial charge in [-0.3, -0.25) is 19.2 Å². The molecule has 2 amide bonds. The fourth-order valence-electron chi connectivity index (χ4n) is 3.91. The van der Waals surface area contributed by atoms with Crippen LogP contribution < -0.4 is 15.4 Å². The Morgan fingerprint density at radius 2 is 2.09 bits per heavy atom. The van der Waals surface area contributed by atoms with Crippen LogP contribution in [-0.2, 0) is 17.9 Å². The van der Waals surface area contributed by atoms with Gasteiger partial charge in [-0.05, 0) is 56.7 Å². The van der Waals surface area contributed by atoms with Gasteiger partial charge < -0.3 is 15.4 Å². The molecule has 1 aliphatic heterocycles. The summed E-state index contributed by atoms with van der Waals surface area (Å²) in [6.07, 6.45) is 7.72. The first kappa shape index (κ1) is 25.7. The second-order valence-electron chi connectivity index (χ2n) is 9.20. The molecule has 9 nitrogen and oxygen atoms in total. The van der Waals surface area contributed by atoms with Crippen molar-refractivity contribution in [1.29, 1.82) is 0 Å². The summed E-state index contributed by atoms with van der Waals surface area (Å²) in [4.78, 5) is 31.8. The lowest BCUT2D eigenvalue weighted by Gasteiger charge is -2.25. The molecule has 1 aliphatic rings. The predicted molar refractivity (Wildman–Crippen MR) is 131 cm³/mol. The van der Waals surface area contributed by atoms with Crippen LogP contribution in [-0.4, -0.2) is 64.3 Å². The van der Waals surface area contributed by atoms with Crippen LogP contribution in [0.1, 0.15) is 61.9 Å². The van der Waals surface area contributed by atoms with Gasteiger partial charge in [0.2, 0.25) is 5.91 Å². The average Bonchev–Trinajstić information content (AvgIpc) is 3.33. The van der Waals surface area contributed by atoms with E-state index in [0.29, 0.717) is 50.8 Å². The predicted octanol–water partition coefficient (Wildman–Crippen LogP) is 2.63. The Hall–Kier alpha value is -2.94. The van der Waals surface area contributed by atoms with Crippen LogP contribution >= 0.6 is 0 Å². The van der Waals surface area contributed by atoms with Crippen molar-refractivity contribution in [3.63, 3.8) is 0 Å². The zero-order valence-corrected chi connectivity index (χ0v) is 20.5. The molecule has 2 heterocycles. The zero-order valence-electron chi connectivity index (χ0n) is 20.5. The molecule has 0 radical (unpaired) electrons. The number of hydrogen-bond acceptors (Lipinski definition) is 6. The Morgan fingerprint density at radius 1 is 1.21 bits per heavy atom. The first-order valence-electron chi connectivity index (χ1n) is 12.4. The summed E-state index contributed by atoms with van der Waals surface area (Å²) < 4.78 is 7.88. The zero-order chi connectivity index (χ0) is 24.2. The van der Waals surface area contributed by atoms with Crippen molar-refractivity contribution < 1.29 is 14.3 Å². The highest BCUT2D eigenvalue weighted by Gasteiger charge is 2.21. The number of rotatable bonds is 8. The van der Waals surface area contributed by atoms with E-state index >= 15 is 0 Å². The molecule has 0 saturated carbocycles. The molecule has 0 bridgehead atoms. The number of aryl methyl sites for hydroxylation is 1. The molecule has 0 fully saturated rings. The first-order valence-corrected chi connectivity index (χ1v) is 12.4. The van der Waals surface area contributed by atoms with Crippen molar-refractivity contribution >= 4 is 11.8 Å². The number of aromatic nitrogens is 3. The number of amides is 2. The monoisotopic (exact) mass is 470 g/mol. The van der Waals surface area contributed by atoms with E-state index in [-0.39, 0.29) is 11.8 Å². The standard InChI is InChI=1S/C25H38N6O3/c1-20(2)10-14-30-16-22-21(25(33)28-12-7-13-31-19-26-18-29-31)8-6-9-23(22)34-15-5-3-4-11-27-24(32)17-30/h6,8-9,18-20H,3-5,7,10-17H2,1-2H3,(H,27,32)(H,28,33). The molecule has 9 heteroatoms. The molecule has 0 atom stereocenters. The molecule has 0 unspecified atom stereocenters. The summed E-state index contributed by atoms with van der Waals surface area (Å²) in [5.74, 6) is 1.15. The van der Waals surface area contributed by atoms with Crippen LogP contribution in [0.4, 0.5) is 0 Å². The van der Waals surface area contributed by atoms with Crippen molar-refractivity contribution in [1.82, 2.24) is 30.3 Å². The molecule has 0 saturated heterocycles. The Morgan fingerprint density at radius 3 is 2.88 bits per heavy atom. The van der Waals surface area contributed by atoms with Gasteiger partial charge in [0.15, 0.2) is 0 Å². The maximum Gasteiger partial charge on any atom is 0.251 e. The summed E-state index contributed by atoms with van der Waals surface area (Å²) in [5.41, 5.74) is 1.44. The largest absolute Gasteiger partial charge is 0.493 e. The number of nitrogens with one attached hydrogen (secondary N) is 2. The van der Waals surface area contributed by atoms with Gasteiger partial charge in [0, 0.05) is 37.3 Å². The minimum Gasteiger partial charge on any atom is -0.493 e. The molecular weight excluding hydrogens is 432 g/mol. The van der Waals surface area contributed by atoms with Crippen molar-refractivity contribution in [3.8, 4) is 5.75 Å². The fourth-order valence-corrected chi connectivity index (χ4v) is 3.91. The van der Waals surface area contributed by atoms with E-state index < -0.39 is 0 Å². The molecule has 2 N–H and O–H groups in total. The van der Waals surface area contributed by atoms with Gasteiger partial charge in [0.05, 0.1) is 13.2 Å². The van der Waals surface area contributed by atoms with Crippen LogP contribution in [0, 0.1) is 5.92 Å². The minimum absolute atomic E-state index is 0.0283. The van der Waals surface area contributed by atoms with Crippen molar-refractivity contribution in [2.75, 3.05) is 32.8 Å². The number of carbonyl (C=O) groups is 2. The number of hydrogen-bond donors (Lipinski definition) is 2. The summed E-state index contributed by atoms with van der Waals surface area (Å²) >= 11 is 0. The summed E-state index contributed by atoms with van der Waals surface area (Å²) in [7, 11) is 0. The van der Waals surface area contributed by atoms with E-state index in [1.54, 1.807) is 11.0 Å². The van der Waals surface area contributed by atoms with Gasteiger partial charge in [0.25, 0.3) is 5.91 Å². The number of nitrogens with zero attached hydrogens (tertiary/aromatic N) is 4. The molecule has 0 aliphatic carbocycles. The molecule has 34 heavy (non-hydrogen) atoms. The molecule has 2 aromatic rings. The lowest BCUT2D eigenvalue weighted by atomic mass is 10.0. The first-order chi connectivity index (χ1) is 16.5. The lowest BCUT2D eigenvalue weighted by Crippen LogP contribution is -2.38. The smallest absolute Gasteiger partial charge is 0.251 e. The molecule has 1 aromatic heterocycles. The third-order valence-electron chi connectivity index (χ3n) is 5.87. The number of benzene rings is 1. The highest BCUT2D eigenvalue weighted by molar-refractivity contribution is 5.96. The van der Waals surface area contributed by atoms with Gasteiger partial charge in [-0.2, -0.15) is 5.10 Å². The number of carbonyl (C=O) groups excluding carboxylic acids is 2. The maximum atomic E-state index is 13.1. The fraction of sp³-hybridized carbons (Fsp3) is 0.600. The van der Waals surface area contributed by atoms with Crippen LogP contribution in [0.2, 0.25) is 0 Å². The van der Waals surface area contributed by atoms with Crippen molar-refractivity contribution in [2.45, 2.75) is 59.0 Å². The quantitative estimate of drug-likeness (QED) is 0.575. The van der Waals surface area contributed by atoms with E-state index in [4.69, 9.17) is 4.74 Å². The number of fused-ring (bicyclic) bond motifs is 1. The van der Waals surface area contributed by atoms with Crippen LogP contribution in [0.25, 0.3) is 0 Å². The third kappa shape index (κ3) is 8.44. The Kier molecular flexibility index (Phi) is 10.3. The summed E-state index contributed by atoms with van der Waals surface area (Å²) in [5, 5.41) is 10.1. The molecule has 1 aromatic carbocycles. The summed E-state index contributed by atoms with van der Waals surface area (Å²) in [6.45, 7) is 8.42. The molecule has 186 valence electrons. The lowest BCUT2D eigenvalue weighted by molar-refractivity contribution is -0.122. The van der Waals surface area contributed by atoms with Crippen molar-refractivity contribution in [2.24, 2.45) is 5.92 Å². The van der Waals surface area contributed by atoms with Gasteiger partial charge in [-0.1, -0.05) is 19.9 Å². The number of ether oxygens (including phenoxy) is 1. The van der Waals surface area contributed by atoms with E-state index in [2.05, 4.69) is 39.5 Å². The van der Waals surface area contributed by atoms with Crippen molar-refractivity contribution in [3.05, 3.63) is 42.0 Å². The van der Waals surface area contributed by atoms with E-state index in [9.17, 15) is 9.59 Å². The molecular formula is C25H38N6O3. The topological polar surface area (TPSA) is 101 Å². The van der Waals surface area contributed by atoms with E-state index in [1.807, 2.05) is 18.2 Å². The average molecular weight is 471 g/mol. The van der Waals surface area contributed by atoms with Crippen LogP contribution in [0.15, 0.2) is 30.9 Å². The third-order valence-corrected chi connectivity index (χ3v) is 5.87. The molecule has 0 spiro atoms. The Bertz CT molecular complexity index is 900. The Labute approximate surface area is 202 Å². The van der Waals surface area contributed by atoms with E-state index in [0.717, 1.165) is 50.0 Å². The van der Waals surface area contributed by atoms with Crippen LogP contribution in [0.5, 0.6) is 5.75 Å². The second kappa shape index (κ2) is 13.7. The van der Waals surface area contributed by atoms with Gasteiger partial charge in [-0.25, -0.2) is 4.98 Å². The Balaban J connectivity index is 1.76. The van der Waals surface area contributed by atoms with Gasteiger partial charge >= 0.3 is 0 Å².